The molecule has 0 aromatic heterocycles. The Kier molecular flexibility index (Phi) is 5.87. The Labute approximate surface area is 181 Å². The van der Waals surface area contributed by atoms with E-state index in [4.69, 9.17) is 0 Å². The van der Waals surface area contributed by atoms with Gasteiger partial charge in [-0.1, -0.05) is 29.8 Å². The molecule has 1 aliphatic carbocycles. The summed E-state index contributed by atoms with van der Waals surface area (Å²) in [4.78, 5) is 14.8. The molecule has 2 aliphatic rings. The van der Waals surface area contributed by atoms with Crippen LogP contribution in [0.1, 0.15) is 36.3 Å². The molecule has 1 heterocycles. The number of nitrogens with zero attached hydrogens (tertiary/aromatic N) is 1. The van der Waals surface area contributed by atoms with Crippen molar-refractivity contribution in [2.45, 2.75) is 38.1 Å². The minimum absolute atomic E-state index is 0.0227. The molecule has 4 rings (SSSR count). The standard InChI is InChI=1S/C23H26F2N2O3S/c1-14-8-9-16(18(11-14)22-20(24)6-3-7-21(22)25)17-12-19(17)23(28)27-10-4-5-15(13-27)26-31(2,29)30/h3,6-9,11,15,17,19,26H,4-5,10,12-13H2,1-2H3. The molecule has 0 radical (unpaired) electrons. The van der Waals surface area contributed by atoms with Crippen LogP contribution in [-0.4, -0.2) is 44.6 Å². The van der Waals surface area contributed by atoms with Gasteiger partial charge in [0.15, 0.2) is 0 Å². The molecule has 0 spiro atoms. The van der Waals surface area contributed by atoms with Gasteiger partial charge in [0.1, 0.15) is 11.6 Å². The van der Waals surface area contributed by atoms with E-state index in [2.05, 4.69) is 4.72 Å². The van der Waals surface area contributed by atoms with E-state index in [1.165, 1.54) is 18.2 Å². The van der Waals surface area contributed by atoms with Crippen LogP contribution in [0.3, 0.4) is 0 Å². The van der Waals surface area contributed by atoms with Crippen LogP contribution in [0.2, 0.25) is 0 Å². The lowest BCUT2D eigenvalue weighted by molar-refractivity contribution is -0.133. The lowest BCUT2D eigenvalue weighted by atomic mass is 9.93. The fraction of sp³-hybridized carbons (Fsp3) is 0.435. The zero-order valence-electron chi connectivity index (χ0n) is 17.6. The third-order valence-electron chi connectivity index (χ3n) is 6.06. The minimum atomic E-state index is -3.34. The van der Waals surface area contributed by atoms with Gasteiger partial charge in [-0.05, 0) is 55.4 Å². The van der Waals surface area contributed by atoms with Crippen LogP contribution in [0, 0.1) is 24.5 Å². The lowest BCUT2D eigenvalue weighted by Gasteiger charge is -2.33. The molecule has 5 nitrogen and oxygen atoms in total. The van der Waals surface area contributed by atoms with Crippen molar-refractivity contribution in [2.75, 3.05) is 19.3 Å². The third kappa shape index (κ3) is 4.80. The predicted octanol–water partition coefficient (Wildman–Crippen LogP) is 3.58. The second kappa shape index (κ2) is 8.31. The Bertz CT molecular complexity index is 1100. The quantitative estimate of drug-likeness (QED) is 0.760. The van der Waals surface area contributed by atoms with Gasteiger partial charge in [-0.15, -0.1) is 0 Å². The summed E-state index contributed by atoms with van der Waals surface area (Å²) >= 11 is 0. The number of hydrogen-bond donors (Lipinski definition) is 1. The molecule has 1 aliphatic heterocycles. The fourth-order valence-corrected chi connectivity index (χ4v) is 5.39. The van der Waals surface area contributed by atoms with Crippen molar-refractivity contribution < 1.29 is 22.0 Å². The van der Waals surface area contributed by atoms with Gasteiger partial charge in [0.25, 0.3) is 0 Å². The van der Waals surface area contributed by atoms with Crippen molar-refractivity contribution in [3.63, 3.8) is 0 Å². The summed E-state index contributed by atoms with van der Waals surface area (Å²) < 4.78 is 54.6. The number of sulfonamides is 1. The maximum Gasteiger partial charge on any atom is 0.226 e. The van der Waals surface area contributed by atoms with Crippen molar-refractivity contribution in [1.82, 2.24) is 9.62 Å². The van der Waals surface area contributed by atoms with Crippen molar-refractivity contribution in [3.05, 3.63) is 59.2 Å². The highest BCUT2D eigenvalue weighted by atomic mass is 32.2. The number of nitrogens with one attached hydrogen (secondary N) is 1. The Morgan fingerprint density at radius 3 is 2.55 bits per heavy atom. The van der Waals surface area contributed by atoms with Crippen molar-refractivity contribution in [3.8, 4) is 11.1 Å². The smallest absolute Gasteiger partial charge is 0.226 e. The summed E-state index contributed by atoms with van der Waals surface area (Å²) in [5.41, 5.74) is 2.09. The number of aryl methyl sites for hydroxylation is 1. The van der Waals surface area contributed by atoms with Gasteiger partial charge in [0.2, 0.25) is 15.9 Å². The number of hydrogen-bond acceptors (Lipinski definition) is 3. The van der Waals surface area contributed by atoms with Gasteiger partial charge < -0.3 is 4.90 Å². The van der Waals surface area contributed by atoms with Gasteiger partial charge in [0.05, 0.1) is 11.8 Å². The molecule has 3 atom stereocenters. The molecule has 1 amide bonds. The van der Waals surface area contributed by atoms with E-state index >= 15 is 0 Å². The number of carbonyl (C=O) groups excluding carboxylic acids is 1. The Morgan fingerprint density at radius 1 is 1.16 bits per heavy atom. The number of halogens is 2. The minimum Gasteiger partial charge on any atom is -0.341 e. The molecule has 3 unspecified atom stereocenters. The molecule has 31 heavy (non-hydrogen) atoms. The van der Waals surface area contributed by atoms with Gasteiger partial charge in [-0.25, -0.2) is 21.9 Å². The maximum absolute atomic E-state index is 14.5. The zero-order valence-corrected chi connectivity index (χ0v) is 18.4. The molecule has 0 bridgehead atoms. The lowest BCUT2D eigenvalue weighted by Crippen LogP contribution is -2.49. The van der Waals surface area contributed by atoms with E-state index in [0.29, 0.717) is 31.5 Å². The molecule has 2 aromatic carbocycles. The Morgan fingerprint density at radius 2 is 1.87 bits per heavy atom. The highest BCUT2D eigenvalue weighted by Gasteiger charge is 2.47. The first-order chi connectivity index (χ1) is 14.6. The van der Waals surface area contributed by atoms with Crippen LogP contribution in [0.15, 0.2) is 36.4 Å². The summed E-state index contributed by atoms with van der Waals surface area (Å²) in [7, 11) is -3.34. The van der Waals surface area contributed by atoms with E-state index in [9.17, 15) is 22.0 Å². The van der Waals surface area contributed by atoms with Crippen molar-refractivity contribution in [1.29, 1.82) is 0 Å². The van der Waals surface area contributed by atoms with Crippen LogP contribution in [0.5, 0.6) is 0 Å². The van der Waals surface area contributed by atoms with Gasteiger partial charge in [0, 0.05) is 25.0 Å². The van der Waals surface area contributed by atoms with Gasteiger partial charge >= 0.3 is 0 Å². The van der Waals surface area contributed by atoms with Crippen molar-refractivity contribution in [2.24, 2.45) is 5.92 Å². The third-order valence-corrected chi connectivity index (χ3v) is 6.82. The van der Waals surface area contributed by atoms with E-state index in [-0.39, 0.29) is 29.3 Å². The topological polar surface area (TPSA) is 66.5 Å². The van der Waals surface area contributed by atoms with Crippen LogP contribution >= 0.6 is 0 Å². The van der Waals surface area contributed by atoms with Crippen LogP contribution in [0.25, 0.3) is 11.1 Å². The molecule has 166 valence electrons. The van der Waals surface area contributed by atoms with E-state index < -0.39 is 21.7 Å². The first-order valence-corrected chi connectivity index (χ1v) is 12.3. The van der Waals surface area contributed by atoms with Crippen molar-refractivity contribution >= 4 is 15.9 Å². The first-order valence-electron chi connectivity index (χ1n) is 10.4. The number of benzene rings is 2. The average molecular weight is 449 g/mol. The number of piperidine rings is 1. The van der Waals surface area contributed by atoms with E-state index in [1.54, 1.807) is 11.0 Å². The molecule has 1 saturated carbocycles. The highest BCUT2D eigenvalue weighted by Crippen LogP contribution is 2.52. The molecule has 1 N–H and O–H groups in total. The monoisotopic (exact) mass is 448 g/mol. The summed E-state index contributed by atoms with van der Waals surface area (Å²) in [5, 5.41) is 0. The molecular weight excluding hydrogens is 422 g/mol. The number of carbonyl (C=O) groups is 1. The summed E-state index contributed by atoms with van der Waals surface area (Å²) in [5.74, 6) is -1.63. The van der Waals surface area contributed by atoms with E-state index in [0.717, 1.165) is 23.8 Å². The molecule has 2 aromatic rings. The van der Waals surface area contributed by atoms with Gasteiger partial charge in [-0.3, -0.25) is 4.79 Å². The van der Waals surface area contributed by atoms with E-state index in [1.807, 2.05) is 19.1 Å². The summed E-state index contributed by atoms with van der Waals surface area (Å²) in [6.07, 6.45) is 3.16. The Hall–Kier alpha value is -2.32. The fourth-order valence-electron chi connectivity index (χ4n) is 4.59. The number of likely N-dealkylation sites (tertiary alicyclic amines) is 1. The average Bonchev–Trinajstić information content (AvgIpc) is 3.47. The largest absolute Gasteiger partial charge is 0.341 e. The van der Waals surface area contributed by atoms with Gasteiger partial charge in [-0.2, -0.15) is 0 Å². The molecule has 8 heteroatoms. The second-order valence-corrected chi connectivity index (χ2v) is 10.4. The molecule has 2 fully saturated rings. The predicted molar refractivity (Wildman–Crippen MR) is 115 cm³/mol. The molecular formula is C23H26F2N2O3S. The second-order valence-electron chi connectivity index (χ2n) is 8.65. The normalized spacial score (nSPS) is 23.6. The highest BCUT2D eigenvalue weighted by molar-refractivity contribution is 7.88. The molecule has 1 saturated heterocycles. The van der Waals surface area contributed by atoms with Crippen LogP contribution < -0.4 is 4.72 Å². The summed E-state index contributed by atoms with van der Waals surface area (Å²) in [6, 6.07) is 9.05. The SMILES string of the molecule is Cc1ccc(C2CC2C(=O)N2CCCC(NS(C)(=O)=O)C2)c(-c2c(F)cccc2F)c1. The summed E-state index contributed by atoms with van der Waals surface area (Å²) in [6.45, 7) is 2.80. The number of amides is 1. The zero-order chi connectivity index (χ0) is 22.3. The van der Waals surface area contributed by atoms with Crippen LogP contribution in [-0.2, 0) is 14.8 Å². The van der Waals surface area contributed by atoms with Crippen LogP contribution in [0.4, 0.5) is 8.78 Å². The Balaban J connectivity index is 1.55. The maximum atomic E-state index is 14.5. The first kappa shape index (κ1) is 21.9. The number of rotatable bonds is 5.